The number of para-hydroxylation sites is 1. The summed E-state index contributed by atoms with van der Waals surface area (Å²) in [5, 5.41) is 0. The van der Waals surface area contributed by atoms with E-state index in [1.54, 1.807) is 7.11 Å². The number of nitrogens with two attached hydrogens (primary N) is 1. The molecular formula is C12H18N2O. The molecule has 1 heterocycles. The standard InChI is InChI=1S/C12H18N2O/c1-15-9-11(8-13)14-7-6-10-4-2-3-5-12(10)14/h2-5,11H,6-9,13H2,1H3. The van der Waals surface area contributed by atoms with Gasteiger partial charge >= 0.3 is 0 Å². The van der Waals surface area contributed by atoms with Crippen LogP contribution in [0.2, 0.25) is 0 Å². The van der Waals surface area contributed by atoms with Crippen LogP contribution in [-0.4, -0.2) is 32.8 Å². The summed E-state index contributed by atoms with van der Waals surface area (Å²) in [5.74, 6) is 0. The van der Waals surface area contributed by atoms with Gasteiger partial charge in [0.15, 0.2) is 0 Å². The van der Waals surface area contributed by atoms with Crippen LogP contribution >= 0.6 is 0 Å². The minimum atomic E-state index is 0.304. The Morgan fingerprint density at radius 2 is 2.27 bits per heavy atom. The summed E-state index contributed by atoms with van der Waals surface area (Å²) in [7, 11) is 1.73. The number of benzene rings is 1. The zero-order chi connectivity index (χ0) is 10.7. The van der Waals surface area contributed by atoms with Crippen LogP contribution in [0.4, 0.5) is 5.69 Å². The summed E-state index contributed by atoms with van der Waals surface area (Å²) >= 11 is 0. The van der Waals surface area contributed by atoms with Gasteiger partial charge in [0, 0.05) is 25.9 Å². The van der Waals surface area contributed by atoms with E-state index in [0.29, 0.717) is 19.2 Å². The third kappa shape index (κ3) is 1.98. The van der Waals surface area contributed by atoms with Crippen LogP contribution in [0, 0.1) is 0 Å². The fourth-order valence-corrected chi connectivity index (χ4v) is 2.22. The molecule has 1 atom stereocenters. The van der Waals surface area contributed by atoms with Gasteiger partial charge in [-0.2, -0.15) is 0 Å². The van der Waals surface area contributed by atoms with Crippen molar-refractivity contribution in [1.82, 2.24) is 0 Å². The van der Waals surface area contributed by atoms with Gasteiger partial charge in [-0.1, -0.05) is 18.2 Å². The lowest BCUT2D eigenvalue weighted by Crippen LogP contribution is -2.42. The first-order valence-electron chi connectivity index (χ1n) is 5.40. The van der Waals surface area contributed by atoms with E-state index in [9.17, 15) is 0 Å². The Kier molecular flexibility index (Phi) is 3.23. The number of hydrogen-bond donors (Lipinski definition) is 1. The number of anilines is 1. The predicted octanol–water partition coefficient (Wildman–Crippen LogP) is 1.02. The summed E-state index contributed by atoms with van der Waals surface area (Å²) in [5.41, 5.74) is 8.52. The maximum Gasteiger partial charge on any atom is 0.0678 e. The van der Waals surface area contributed by atoms with Crippen LogP contribution in [0.3, 0.4) is 0 Å². The topological polar surface area (TPSA) is 38.5 Å². The van der Waals surface area contributed by atoms with E-state index in [1.807, 2.05) is 0 Å². The molecule has 0 spiro atoms. The summed E-state index contributed by atoms with van der Waals surface area (Å²) < 4.78 is 5.20. The number of methoxy groups -OCH3 is 1. The van der Waals surface area contributed by atoms with Crippen molar-refractivity contribution in [3.05, 3.63) is 29.8 Å². The second-order valence-electron chi connectivity index (χ2n) is 3.92. The van der Waals surface area contributed by atoms with E-state index < -0.39 is 0 Å². The molecule has 1 aromatic rings. The molecule has 1 unspecified atom stereocenters. The first kappa shape index (κ1) is 10.5. The van der Waals surface area contributed by atoms with Gasteiger partial charge in [0.1, 0.15) is 0 Å². The second kappa shape index (κ2) is 4.64. The number of rotatable bonds is 4. The van der Waals surface area contributed by atoms with Crippen LogP contribution < -0.4 is 10.6 Å². The molecular weight excluding hydrogens is 188 g/mol. The third-order valence-corrected chi connectivity index (χ3v) is 2.99. The van der Waals surface area contributed by atoms with Crippen LogP contribution in [0.1, 0.15) is 5.56 Å². The minimum Gasteiger partial charge on any atom is -0.383 e. The molecule has 82 valence electrons. The Morgan fingerprint density at radius 3 is 3.00 bits per heavy atom. The average molecular weight is 206 g/mol. The first-order chi connectivity index (χ1) is 7.36. The summed E-state index contributed by atoms with van der Waals surface area (Å²) in [6.45, 7) is 2.40. The van der Waals surface area contributed by atoms with E-state index in [0.717, 1.165) is 13.0 Å². The molecule has 0 amide bonds. The fourth-order valence-electron chi connectivity index (χ4n) is 2.22. The van der Waals surface area contributed by atoms with Gasteiger partial charge in [0.2, 0.25) is 0 Å². The number of hydrogen-bond acceptors (Lipinski definition) is 3. The molecule has 0 fully saturated rings. The van der Waals surface area contributed by atoms with E-state index >= 15 is 0 Å². The third-order valence-electron chi connectivity index (χ3n) is 2.99. The highest BCUT2D eigenvalue weighted by Gasteiger charge is 2.24. The Hall–Kier alpha value is -1.06. The SMILES string of the molecule is COCC(CN)N1CCc2ccccc21. The highest BCUT2D eigenvalue weighted by molar-refractivity contribution is 5.58. The van der Waals surface area contributed by atoms with Crippen molar-refractivity contribution in [2.45, 2.75) is 12.5 Å². The molecule has 3 nitrogen and oxygen atoms in total. The molecule has 0 saturated heterocycles. The predicted molar refractivity (Wildman–Crippen MR) is 62.2 cm³/mol. The molecule has 1 aromatic carbocycles. The first-order valence-corrected chi connectivity index (χ1v) is 5.40. The molecule has 2 N–H and O–H groups in total. The van der Waals surface area contributed by atoms with Gasteiger partial charge in [-0.05, 0) is 18.1 Å². The number of fused-ring (bicyclic) bond motifs is 1. The van der Waals surface area contributed by atoms with Crippen molar-refractivity contribution in [3.63, 3.8) is 0 Å². The van der Waals surface area contributed by atoms with Crippen LogP contribution in [0.5, 0.6) is 0 Å². The minimum absolute atomic E-state index is 0.304. The van der Waals surface area contributed by atoms with Gasteiger partial charge in [0.05, 0.1) is 12.6 Å². The van der Waals surface area contributed by atoms with Gasteiger partial charge in [-0.25, -0.2) is 0 Å². The lowest BCUT2D eigenvalue weighted by Gasteiger charge is -2.28. The second-order valence-corrected chi connectivity index (χ2v) is 3.92. The van der Waals surface area contributed by atoms with Crippen LogP contribution in [-0.2, 0) is 11.2 Å². The smallest absolute Gasteiger partial charge is 0.0678 e. The van der Waals surface area contributed by atoms with Crippen molar-refractivity contribution in [2.24, 2.45) is 5.73 Å². The van der Waals surface area contributed by atoms with Gasteiger partial charge in [0.25, 0.3) is 0 Å². The fraction of sp³-hybridized carbons (Fsp3) is 0.500. The average Bonchev–Trinajstić information content (AvgIpc) is 2.70. The molecule has 15 heavy (non-hydrogen) atoms. The molecule has 0 aliphatic carbocycles. The number of ether oxygens (including phenoxy) is 1. The zero-order valence-electron chi connectivity index (χ0n) is 9.15. The molecule has 0 saturated carbocycles. The Morgan fingerprint density at radius 1 is 1.47 bits per heavy atom. The highest BCUT2D eigenvalue weighted by Crippen LogP contribution is 2.28. The molecule has 0 bridgehead atoms. The lowest BCUT2D eigenvalue weighted by molar-refractivity contribution is 0.179. The maximum atomic E-state index is 5.77. The van der Waals surface area contributed by atoms with E-state index in [4.69, 9.17) is 10.5 Å². The molecule has 0 radical (unpaired) electrons. The van der Waals surface area contributed by atoms with Crippen LogP contribution in [0.15, 0.2) is 24.3 Å². The normalized spacial score (nSPS) is 16.5. The summed E-state index contributed by atoms with van der Waals surface area (Å²) in [6.07, 6.45) is 1.12. The zero-order valence-corrected chi connectivity index (χ0v) is 9.15. The largest absolute Gasteiger partial charge is 0.383 e. The van der Waals surface area contributed by atoms with Crippen molar-refractivity contribution in [1.29, 1.82) is 0 Å². The molecule has 0 aromatic heterocycles. The van der Waals surface area contributed by atoms with Gasteiger partial charge in [-0.15, -0.1) is 0 Å². The molecule has 1 aliphatic heterocycles. The van der Waals surface area contributed by atoms with E-state index in [-0.39, 0.29) is 0 Å². The summed E-state index contributed by atoms with van der Waals surface area (Å²) in [6, 6.07) is 8.84. The molecule has 2 rings (SSSR count). The van der Waals surface area contributed by atoms with Crippen molar-refractivity contribution >= 4 is 5.69 Å². The number of nitrogens with zero attached hydrogens (tertiary/aromatic N) is 1. The van der Waals surface area contributed by atoms with E-state index in [1.165, 1.54) is 11.3 Å². The summed E-state index contributed by atoms with van der Waals surface area (Å²) in [4.78, 5) is 2.36. The van der Waals surface area contributed by atoms with Gasteiger partial charge < -0.3 is 15.4 Å². The lowest BCUT2D eigenvalue weighted by atomic mass is 10.2. The van der Waals surface area contributed by atoms with E-state index in [2.05, 4.69) is 29.2 Å². The Bertz CT molecular complexity index is 327. The van der Waals surface area contributed by atoms with Crippen molar-refractivity contribution in [3.8, 4) is 0 Å². The van der Waals surface area contributed by atoms with Crippen molar-refractivity contribution in [2.75, 3.05) is 31.7 Å². The Labute approximate surface area is 90.8 Å². The molecule has 3 heteroatoms. The monoisotopic (exact) mass is 206 g/mol. The Balaban J connectivity index is 2.18. The van der Waals surface area contributed by atoms with Crippen LogP contribution in [0.25, 0.3) is 0 Å². The van der Waals surface area contributed by atoms with Gasteiger partial charge in [-0.3, -0.25) is 0 Å². The maximum absolute atomic E-state index is 5.77. The quantitative estimate of drug-likeness (QED) is 0.799. The highest BCUT2D eigenvalue weighted by atomic mass is 16.5. The molecule has 1 aliphatic rings. The van der Waals surface area contributed by atoms with Crippen molar-refractivity contribution < 1.29 is 4.74 Å².